The monoisotopic (exact) mass is 377 g/mol. The molecule has 2 aromatic carbocycles. The molecule has 0 unspecified atom stereocenters. The summed E-state index contributed by atoms with van der Waals surface area (Å²) in [7, 11) is -3.67. The summed E-state index contributed by atoms with van der Waals surface area (Å²) < 4.78 is 38.3. The Morgan fingerprint density at radius 3 is 2.35 bits per heavy atom. The molecule has 1 aliphatic rings. The van der Waals surface area contributed by atoms with E-state index in [2.05, 4.69) is 4.72 Å². The Labute approximate surface area is 151 Å². The number of aliphatic carboxylic acids is 1. The summed E-state index contributed by atoms with van der Waals surface area (Å²) in [6, 6.07) is 11.5. The molecule has 2 aromatic rings. The molecule has 7 nitrogen and oxygen atoms in total. The molecule has 8 heteroatoms. The van der Waals surface area contributed by atoms with Gasteiger partial charge < -0.3 is 14.6 Å². The molecule has 0 amide bonds. The minimum Gasteiger partial charge on any atom is -0.486 e. The maximum Gasteiger partial charge on any atom is 0.303 e. The van der Waals surface area contributed by atoms with E-state index in [1.165, 1.54) is 12.1 Å². The molecule has 3 rings (SSSR count). The number of hydrogen-bond donors (Lipinski definition) is 2. The molecule has 0 aromatic heterocycles. The van der Waals surface area contributed by atoms with E-state index in [4.69, 9.17) is 14.6 Å². The summed E-state index contributed by atoms with van der Waals surface area (Å²) in [5.41, 5.74) is 1.54. The highest BCUT2D eigenvalue weighted by atomic mass is 32.2. The number of nitrogens with one attached hydrogen (secondary N) is 1. The summed E-state index contributed by atoms with van der Waals surface area (Å²) in [5, 5.41) is 8.69. The van der Waals surface area contributed by atoms with Crippen LogP contribution in [-0.2, 0) is 27.8 Å². The molecule has 0 aliphatic carbocycles. The van der Waals surface area contributed by atoms with Gasteiger partial charge in [-0.15, -0.1) is 0 Å². The molecule has 2 N–H and O–H groups in total. The van der Waals surface area contributed by atoms with Crippen molar-refractivity contribution in [2.24, 2.45) is 0 Å². The van der Waals surface area contributed by atoms with E-state index < -0.39 is 16.0 Å². The lowest BCUT2D eigenvalue weighted by Crippen LogP contribution is -2.23. The number of rotatable bonds is 7. The maximum atomic E-state index is 12.4. The van der Waals surface area contributed by atoms with Gasteiger partial charge in [-0.1, -0.05) is 18.2 Å². The van der Waals surface area contributed by atoms with Gasteiger partial charge in [0.25, 0.3) is 0 Å². The van der Waals surface area contributed by atoms with E-state index in [-0.39, 0.29) is 17.9 Å². The molecule has 0 radical (unpaired) electrons. The first kappa shape index (κ1) is 18.2. The maximum absolute atomic E-state index is 12.4. The van der Waals surface area contributed by atoms with Crippen LogP contribution < -0.4 is 14.2 Å². The van der Waals surface area contributed by atoms with Crippen LogP contribution in [0.5, 0.6) is 11.5 Å². The first-order chi connectivity index (χ1) is 12.4. The van der Waals surface area contributed by atoms with Gasteiger partial charge in [0.2, 0.25) is 10.0 Å². The number of carboxylic acids is 1. The van der Waals surface area contributed by atoms with Crippen LogP contribution in [0.4, 0.5) is 0 Å². The van der Waals surface area contributed by atoms with Crippen LogP contribution >= 0.6 is 0 Å². The van der Waals surface area contributed by atoms with Crippen LogP contribution in [0.2, 0.25) is 0 Å². The highest BCUT2D eigenvalue weighted by Crippen LogP contribution is 2.30. The van der Waals surface area contributed by atoms with Gasteiger partial charge in [-0.3, -0.25) is 4.79 Å². The second-order valence-electron chi connectivity index (χ2n) is 5.84. The highest BCUT2D eigenvalue weighted by molar-refractivity contribution is 7.89. The fourth-order valence-electron chi connectivity index (χ4n) is 2.55. The van der Waals surface area contributed by atoms with Crippen molar-refractivity contribution in [3.63, 3.8) is 0 Å². The van der Waals surface area contributed by atoms with Crippen LogP contribution in [0.1, 0.15) is 17.5 Å². The summed E-state index contributed by atoms with van der Waals surface area (Å²) in [4.78, 5) is 10.7. The average molecular weight is 377 g/mol. The molecule has 0 saturated carbocycles. The van der Waals surface area contributed by atoms with Crippen molar-refractivity contribution < 1.29 is 27.8 Å². The van der Waals surface area contributed by atoms with Gasteiger partial charge in [0, 0.05) is 13.0 Å². The van der Waals surface area contributed by atoms with Gasteiger partial charge in [0.1, 0.15) is 13.2 Å². The van der Waals surface area contributed by atoms with Gasteiger partial charge in [-0.2, -0.15) is 0 Å². The minimum atomic E-state index is -3.67. The minimum absolute atomic E-state index is 0.00839. The predicted octanol–water partition coefficient (Wildman–Crippen LogP) is 1.95. The van der Waals surface area contributed by atoms with Crippen LogP contribution in [0.25, 0.3) is 0 Å². The molecule has 0 fully saturated rings. The Hall–Kier alpha value is -2.58. The van der Waals surface area contributed by atoms with Gasteiger partial charge in [-0.25, -0.2) is 13.1 Å². The zero-order valence-corrected chi connectivity index (χ0v) is 14.8. The lowest BCUT2D eigenvalue weighted by molar-refractivity contribution is -0.136. The average Bonchev–Trinajstić information content (AvgIpc) is 2.65. The largest absolute Gasteiger partial charge is 0.486 e. The van der Waals surface area contributed by atoms with E-state index >= 15 is 0 Å². The number of aryl methyl sites for hydroxylation is 1. The van der Waals surface area contributed by atoms with Crippen molar-refractivity contribution in [1.82, 2.24) is 4.72 Å². The Morgan fingerprint density at radius 2 is 1.65 bits per heavy atom. The van der Waals surface area contributed by atoms with Crippen LogP contribution in [0.15, 0.2) is 47.4 Å². The van der Waals surface area contributed by atoms with E-state index in [0.29, 0.717) is 31.1 Å². The van der Waals surface area contributed by atoms with Crippen molar-refractivity contribution in [2.45, 2.75) is 24.3 Å². The third kappa shape index (κ3) is 4.53. The van der Waals surface area contributed by atoms with Crippen molar-refractivity contribution in [1.29, 1.82) is 0 Å². The third-order valence-electron chi connectivity index (χ3n) is 3.93. The lowest BCUT2D eigenvalue weighted by Gasteiger charge is -2.19. The second kappa shape index (κ2) is 7.76. The van der Waals surface area contributed by atoms with E-state index in [1.807, 2.05) is 0 Å². The van der Waals surface area contributed by atoms with Crippen molar-refractivity contribution >= 4 is 16.0 Å². The zero-order chi connectivity index (χ0) is 18.6. The number of benzene rings is 2. The third-order valence-corrected chi connectivity index (χ3v) is 5.35. The quantitative estimate of drug-likeness (QED) is 0.765. The Balaban J connectivity index is 1.64. The molecular formula is C18H19NO6S. The van der Waals surface area contributed by atoms with E-state index in [9.17, 15) is 13.2 Å². The molecule has 0 saturated heterocycles. The molecule has 0 bridgehead atoms. The number of hydrogen-bond acceptors (Lipinski definition) is 5. The number of ether oxygens (including phenoxy) is 2. The molecule has 0 spiro atoms. The van der Waals surface area contributed by atoms with Crippen molar-refractivity contribution in [2.75, 3.05) is 13.2 Å². The number of sulfonamides is 1. The van der Waals surface area contributed by atoms with Crippen molar-refractivity contribution in [3.05, 3.63) is 53.6 Å². The molecule has 0 atom stereocenters. The standard InChI is InChI=1S/C18H19NO6S/c20-18(21)8-4-13-1-5-15(6-2-13)26(22,23)19-12-14-3-7-16-17(11-14)25-10-9-24-16/h1-3,5-7,11,19H,4,8-10,12H2,(H,20,21). The van der Waals surface area contributed by atoms with Gasteiger partial charge in [0.05, 0.1) is 4.90 Å². The summed E-state index contributed by atoms with van der Waals surface area (Å²) in [5.74, 6) is 0.373. The number of carboxylic acid groups (broad SMARTS) is 1. The van der Waals surface area contributed by atoms with Gasteiger partial charge >= 0.3 is 5.97 Å². The topological polar surface area (TPSA) is 102 Å². The Morgan fingerprint density at radius 1 is 1.00 bits per heavy atom. The number of fused-ring (bicyclic) bond motifs is 1. The molecular weight excluding hydrogens is 358 g/mol. The summed E-state index contributed by atoms with van der Waals surface area (Å²) in [6.07, 6.45) is 0.370. The first-order valence-corrected chi connectivity index (χ1v) is 9.61. The molecule has 1 heterocycles. The fraction of sp³-hybridized carbons (Fsp3) is 0.278. The Bertz CT molecular complexity index is 892. The van der Waals surface area contributed by atoms with Gasteiger partial charge in [-0.05, 0) is 41.8 Å². The Kier molecular flexibility index (Phi) is 5.43. The first-order valence-electron chi connectivity index (χ1n) is 8.13. The smallest absolute Gasteiger partial charge is 0.303 e. The number of carbonyl (C=O) groups is 1. The lowest BCUT2D eigenvalue weighted by atomic mass is 10.1. The summed E-state index contributed by atoms with van der Waals surface area (Å²) in [6.45, 7) is 1.09. The second-order valence-corrected chi connectivity index (χ2v) is 7.61. The van der Waals surface area contributed by atoms with Crippen LogP contribution in [-0.4, -0.2) is 32.7 Å². The zero-order valence-electron chi connectivity index (χ0n) is 14.0. The van der Waals surface area contributed by atoms with E-state index in [1.54, 1.807) is 30.3 Å². The highest BCUT2D eigenvalue weighted by Gasteiger charge is 2.16. The van der Waals surface area contributed by atoms with Crippen molar-refractivity contribution in [3.8, 4) is 11.5 Å². The van der Waals surface area contributed by atoms with E-state index in [0.717, 1.165) is 11.1 Å². The normalized spacial score (nSPS) is 13.4. The SMILES string of the molecule is O=C(O)CCc1ccc(S(=O)(=O)NCc2ccc3c(c2)OCCO3)cc1. The van der Waals surface area contributed by atoms with Crippen LogP contribution in [0.3, 0.4) is 0 Å². The molecule has 26 heavy (non-hydrogen) atoms. The molecule has 1 aliphatic heterocycles. The molecule has 138 valence electrons. The van der Waals surface area contributed by atoms with Crippen LogP contribution in [0, 0.1) is 0 Å². The predicted molar refractivity (Wildman–Crippen MR) is 93.9 cm³/mol. The fourth-order valence-corrected chi connectivity index (χ4v) is 3.56. The van der Waals surface area contributed by atoms with Gasteiger partial charge in [0.15, 0.2) is 11.5 Å². The summed E-state index contributed by atoms with van der Waals surface area (Å²) >= 11 is 0.